The van der Waals surface area contributed by atoms with Crippen LogP contribution in [0.3, 0.4) is 0 Å². The van der Waals surface area contributed by atoms with Crippen LogP contribution in [0.2, 0.25) is 0 Å². The van der Waals surface area contributed by atoms with Crippen LogP contribution in [0.15, 0.2) is 42.5 Å². The first-order valence-electron chi connectivity index (χ1n) is 6.61. The van der Waals surface area contributed by atoms with Gasteiger partial charge in [0.2, 0.25) is 0 Å². The quantitative estimate of drug-likeness (QED) is 0.899. The van der Waals surface area contributed by atoms with E-state index >= 15 is 0 Å². The van der Waals surface area contributed by atoms with Gasteiger partial charge in [0.1, 0.15) is 12.4 Å². The highest BCUT2D eigenvalue weighted by Gasteiger charge is 2.09. The molecule has 2 heteroatoms. The highest BCUT2D eigenvalue weighted by molar-refractivity contribution is 5.39. The number of aryl methyl sites for hydroxylation is 2. The summed E-state index contributed by atoms with van der Waals surface area (Å²) in [6.07, 6.45) is 0. The van der Waals surface area contributed by atoms with Gasteiger partial charge >= 0.3 is 0 Å². The smallest absolute Gasteiger partial charge is 0.124 e. The van der Waals surface area contributed by atoms with Gasteiger partial charge in [-0.3, -0.25) is 0 Å². The minimum atomic E-state index is -0.0209. The monoisotopic (exact) mass is 255 g/mol. The van der Waals surface area contributed by atoms with E-state index in [1.807, 2.05) is 25.1 Å². The first kappa shape index (κ1) is 13.6. The number of ether oxygens (including phenoxy) is 1. The minimum Gasteiger partial charge on any atom is -0.489 e. The molecule has 0 saturated carbocycles. The summed E-state index contributed by atoms with van der Waals surface area (Å²) in [6.45, 7) is 6.72. The zero-order valence-corrected chi connectivity index (χ0v) is 11.8. The second kappa shape index (κ2) is 5.89. The van der Waals surface area contributed by atoms with Crippen LogP contribution in [0, 0.1) is 13.8 Å². The van der Waals surface area contributed by atoms with Gasteiger partial charge in [-0.2, -0.15) is 0 Å². The Hall–Kier alpha value is -1.80. The van der Waals surface area contributed by atoms with Crippen LogP contribution in [0.4, 0.5) is 0 Å². The molecule has 0 saturated heterocycles. The molecule has 0 radical (unpaired) electrons. The van der Waals surface area contributed by atoms with Crippen LogP contribution in [0.25, 0.3) is 0 Å². The third-order valence-electron chi connectivity index (χ3n) is 3.30. The summed E-state index contributed by atoms with van der Waals surface area (Å²) < 4.78 is 5.97. The van der Waals surface area contributed by atoms with E-state index in [9.17, 15) is 0 Å². The molecule has 0 heterocycles. The lowest BCUT2D eigenvalue weighted by atomic mass is 10.1. The molecule has 2 N–H and O–H groups in total. The van der Waals surface area contributed by atoms with Gasteiger partial charge in [-0.05, 0) is 43.5 Å². The number of rotatable bonds is 4. The maximum atomic E-state index is 5.98. The molecule has 0 spiro atoms. The van der Waals surface area contributed by atoms with Crippen molar-refractivity contribution in [3.05, 3.63) is 64.7 Å². The average molecular weight is 255 g/mol. The zero-order valence-electron chi connectivity index (χ0n) is 11.8. The molecule has 0 fully saturated rings. The molecule has 0 amide bonds. The summed E-state index contributed by atoms with van der Waals surface area (Å²) >= 11 is 0. The van der Waals surface area contributed by atoms with E-state index < -0.39 is 0 Å². The number of hydrogen-bond donors (Lipinski definition) is 1. The molecule has 2 nitrogen and oxygen atoms in total. The molecule has 2 aromatic carbocycles. The van der Waals surface area contributed by atoms with Crippen LogP contribution in [-0.2, 0) is 6.61 Å². The summed E-state index contributed by atoms with van der Waals surface area (Å²) in [4.78, 5) is 0. The molecule has 100 valence electrons. The average Bonchev–Trinajstić information content (AvgIpc) is 2.37. The van der Waals surface area contributed by atoms with Gasteiger partial charge in [0.25, 0.3) is 0 Å². The molecule has 2 rings (SSSR count). The predicted molar refractivity (Wildman–Crippen MR) is 79.3 cm³/mol. The van der Waals surface area contributed by atoms with E-state index in [1.165, 1.54) is 16.7 Å². The van der Waals surface area contributed by atoms with Gasteiger partial charge in [0, 0.05) is 11.6 Å². The van der Waals surface area contributed by atoms with E-state index in [0.717, 1.165) is 11.3 Å². The highest BCUT2D eigenvalue weighted by atomic mass is 16.5. The number of benzene rings is 2. The summed E-state index contributed by atoms with van der Waals surface area (Å²) in [5, 5.41) is 0. The van der Waals surface area contributed by atoms with Crippen molar-refractivity contribution in [2.75, 3.05) is 0 Å². The van der Waals surface area contributed by atoms with E-state index in [1.54, 1.807) is 0 Å². The van der Waals surface area contributed by atoms with Crippen LogP contribution < -0.4 is 10.5 Å². The molecule has 0 aliphatic rings. The second-order valence-corrected chi connectivity index (χ2v) is 5.05. The van der Waals surface area contributed by atoms with E-state index in [0.29, 0.717) is 6.61 Å². The molecular formula is C17H21NO. The summed E-state index contributed by atoms with van der Waals surface area (Å²) in [5.74, 6) is 0.887. The summed E-state index contributed by atoms with van der Waals surface area (Å²) in [6, 6.07) is 14.4. The fourth-order valence-electron chi connectivity index (χ4n) is 2.07. The van der Waals surface area contributed by atoms with Gasteiger partial charge in [-0.15, -0.1) is 0 Å². The molecule has 0 aliphatic heterocycles. The third kappa shape index (κ3) is 3.36. The maximum absolute atomic E-state index is 5.98. The fourth-order valence-corrected chi connectivity index (χ4v) is 2.07. The Bertz CT molecular complexity index is 561. The Labute approximate surface area is 115 Å². The Kier molecular flexibility index (Phi) is 4.23. The summed E-state index contributed by atoms with van der Waals surface area (Å²) in [5.41, 5.74) is 10.7. The van der Waals surface area contributed by atoms with Gasteiger partial charge in [-0.1, -0.05) is 36.4 Å². The number of nitrogens with two attached hydrogens (primary N) is 1. The van der Waals surface area contributed by atoms with E-state index in [-0.39, 0.29) is 6.04 Å². The molecule has 0 bridgehead atoms. The van der Waals surface area contributed by atoms with Crippen molar-refractivity contribution in [3.63, 3.8) is 0 Å². The first-order chi connectivity index (χ1) is 9.08. The van der Waals surface area contributed by atoms with Gasteiger partial charge in [-0.25, -0.2) is 0 Å². The molecule has 19 heavy (non-hydrogen) atoms. The van der Waals surface area contributed by atoms with E-state index in [2.05, 4.69) is 38.1 Å². The van der Waals surface area contributed by atoms with Crippen molar-refractivity contribution >= 4 is 0 Å². The maximum Gasteiger partial charge on any atom is 0.124 e. The lowest BCUT2D eigenvalue weighted by molar-refractivity contribution is 0.300. The lowest BCUT2D eigenvalue weighted by Gasteiger charge is -2.15. The van der Waals surface area contributed by atoms with Crippen molar-refractivity contribution in [2.45, 2.75) is 33.4 Å². The summed E-state index contributed by atoms with van der Waals surface area (Å²) in [7, 11) is 0. The van der Waals surface area contributed by atoms with Crippen LogP contribution in [0.1, 0.15) is 35.2 Å². The van der Waals surface area contributed by atoms with Gasteiger partial charge < -0.3 is 10.5 Å². The minimum absolute atomic E-state index is 0.0209. The first-order valence-corrected chi connectivity index (χ1v) is 6.61. The highest BCUT2D eigenvalue weighted by Crippen LogP contribution is 2.26. The number of hydrogen-bond acceptors (Lipinski definition) is 2. The zero-order chi connectivity index (χ0) is 13.8. The van der Waals surface area contributed by atoms with Crippen LogP contribution in [0.5, 0.6) is 5.75 Å². The normalized spacial score (nSPS) is 12.2. The fraction of sp³-hybridized carbons (Fsp3) is 0.294. The van der Waals surface area contributed by atoms with Crippen molar-refractivity contribution in [3.8, 4) is 5.75 Å². The van der Waals surface area contributed by atoms with E-state index in [4.69, 9.17) is 10.5 Å². The Morgan fingerprint density at radius 2 is 1.84 bits per heavy atom. The molecule has 0 unspecified atom stereocenters. The van der Waals surface area contributed by atoms with Crippen LogP contribution in [-0.4, -0.2) is 0 Å². The Morgan fingerprint density at radius 1 is 1.11 bits per heavy atom. The van der Waals surface area contributed by atoms with Crippen LogP contribution >= 0.6 is 0 Å². The van der Waals surface area contributed by atoms with Crippen molar-refractivity contribution in [2.24, 2.45) is 5.73 Å². The Morgan fingerprint density at radius 3 is 2.53 bits per heavy atom. The van der Waals surface area contributed by atoms with Crippen molar-refractivity contribution in [1.82, 2.24) is 0 Å². The largest absolute Gasteiger partial charge is 0.489 e. The lowest BCUT2D eigenvalue weighted by Crippen LogP contribution is -2.08. The topological polar surface area (TPSA) is 35.2 Å². The molecule has 0 aromatic heterocycles. The van der Waals surface area contributed by atoms with Crippen molar-refractivity contribution < 1.29 is 4.74 Å². The van der Waals surface area contributed by atoms with Gasteiger partial charge in [0.05, 0.1) is 0 Å². The molecule has 2 aromatic rings. The molecule has 0 aliphatic carbocycles. The standard InChI is InChI=1S/C17H21NO/c1-12-8-9-16(14(3)18)17(10-12)19-11-15-7-5-4-6-13(15)2/h4-10,14H,11,18H2,1-3H3/t14-/m0/s1. The third-order valence-corrected chi connectivity index (χ3v) is 3.30. The molecule has 1 atom stereocenters. The molecular weight excluding hydrogens is 234 g/mol. The Balaban J connectivity index is 2.19. The SMILES string of the molecule is Cc1ccc([C@H](C)N)c(OCc2ccccc2C)c1. The second-order valence-electron chi connectivity index (χ2n) is 5.05. The van der Waals surface area contributed by atoms with Gasteiger partial charge in [0.15, 0.2) is 0 Å². The van der Waals surface area contributed by atoms with Crippen molar-refractivity contribution in [1.29, 1.82) is 0 Å². The predicted octanol–water partition coefficient (Wildman–Crippen LogP) is 3.90.